The number of aromatic nitrogens is 2. The molecule has 0 fully saturated rings. The minimum absolute atomic E-state index is 0.0196. The molecule has 0 saturated carbocycles. The molecular weight excluding hydrogens is 358 g/mol. The summed E-state index contributed by atoms with van der Waals surface area (Å²) in [6.07, 6.45) is -0.178. The fourth-order valence-electron chi connectivity index (χ4n) is 2.84. The van der Waals surface area contributed by atoms with E-state index in [-0.39, 0.29) is 24.0 Å². The van der Waals surface area contributed by atoms with Crippen molar-refractivity contribution in [1.29, 1.82) is 0 Å². The Morgan fingerprint density at radius 1 is 1.07 bits per heavy atom. The van der Waals surface area contributed by atoms with Gasteiger partial charge in [0.25, 0.3) is 5.56 Å². The molecule has 28 heavy (non-hydrogen) atoms. The number of hydrogen-bond donors (Lipinski definition) is 1. The van der Waals surface area contributed by atoms with Crippen LogP contribution in [0.25, 0.3) is 10.8 Å². The van der Waals surface area contributed by atoms with Crippen LogP contribution in [0.1, 0.15) is 29.9 Å². The first-order valence-corrected chi connectivity index (χ1v) is 8.91. The highest BCUT2D eigenvalue weighted by Gasteiger charge is 2.13. The fourth-order valence-corrected chi connectivity index (χ4v) is 2.84. The molecule has 1 N–H and O–H groups in total. The third kappa shape index (κ3) is 4.25. The van der Waals surface area contributed by atoms with E-state index in [1.54, 1.807) is 69.4 Å². The molecule has 0 spiro atoms. The van der Waals surface area contributed by atoms with Crippen molar-refractivity contribution in [2.24, 2.45) is 7.05 Å². The largest absolute Gasteiger partial charge is 0.459 e. The molecule has 0 aliphatic rings. The van der Waals surface area contributed by atoms with Crippen molar-refractivity contribution in [1.82, 2.24) is 9.78 Å². The van der Waals surface area contributed by atoms with Crippen LogP contribution in [0.3, 0.4) is 0 Å². The number of nitrogens with zero attached hydrogens (tertiary/aromatic N) is 2. The third-order valence-electron chi connectivity index (χ3n) is 4.11. The molecule has 0 unspecified atom stereocenters. The lowest BCUT2D eigenvalue weighted by Gasteiger charge is -2.10. The van der Waals surface area contributed by atoms with Crippen molar-refractivity contribution in [3.8, 4) is 0 Å². The van der Waals surface area contributed by atoms with Gasteiger partial charge in [0.15, 0.2) is 0 Å². The maximum atomic E-state index is 12.5. The van der Waals surface area contributed by atoms with Crippen LogP contribution in [-0.4, -0.2) is 27.8 Å². The Hall–Kier alpha value is -3.48. The Kier molecular flexibility index (Phi) is 5.54. The molecular formula is C21H21N3O4. The van der Waals surface area contributed by atoms with Crippen molar-refractivity contribution in [3.05, 3.63) is 70.1 Å². The highest BCUT2D eigenvalue weighted by molar-refractivity contribution is 5.96. The lowest BCUT2D eigenvalue weighted by Crippen LogP contribution is -2.24. The molecule has 1 aromatic heterocycles. The van der Waals surface area contributed by atoms with Crippen LogP contribution in [0.4, 0.5) is 5.69 Å². The van der Waals surface area contributed by atoms with Crippen molar-refractivity contribution in [2.75, 3.05) is 5.32 Å². The molecule has 1 amide bonds. The van der Waals surface area contributed by atoms with Gasteiger partial charge in [0.05, 0.1) is 29.2 Å². The van der Waals surface area contributed by atoms with Crippen molar-refractivity contribution < 1.29 is 14.3 Å². The zero-order valence-electron chi connectivity index (χ0n) is 15.9. The second-order valence-corrected chi connectivity index (χ2v) is 6.68. The number of carbonyl (C=O) groups excluding carboxylic acids is 2. The Bertz CT molecular complexity index is 1080. The number of benzene rings is 2. The molecule has 7 nitrogen and oxygen atoms in total. The molecule has 0 bridgehead atoms. The van der Waals surface area contributed by atoms with Crippen LogP contribution in [0.5, 0.6) is 0 Å². The standard InChI is InChI=1S/C21H21N3O4/c1-13(2)28-21(27)14-8-10-15(11-9-14)22-19(25)12-18-16-6-4-5-7-17(16)20(26)24(3)23-18/h4-11,13H,12H2,1-3H3,(H,22,25). The number of anilines is 1. The number of ether oxygens (including phenoxy) is 1. The molecule has 0 saturated heterocycles. The molecule has 7 heteroatoms. The Morgan fingerprint density at radius 3 is 2.36 bits per heavy atom. The second kappa shape index (κ2) is 8.04. The lowest BCUT2D eigenvalue weighted by molar-refractivity contribution is -0.115. The molecule has 144 valence electrons. The number of nitrogens with one attached hydrogen (secondary N) is 1. The minimum Gasteiger partial charge on any atom is -0.459 e. The summed E-state index contributed by atoms with van der Waals surface area (Å²) in [5.74, 6) is -0.678. The number of esters is 1. The molecule has 1 heterocycles. The second-order valence-electron chi connectivity index (χ2n) is 6.68. The predicted molar refractivity (Wildman–Crippen MR) is 106 cm³/mol. The SMILES string of the molecule is CC(C)OC(=O)c1ccc(NC(=O)Cc2nn(C)c(=O)c3ccccc23)cc1. The van der Waals surface area contributed by atoms with Crippen molar-refractivity contribution >= 4 is 28.3 Å². The first kappa shape index (κ1) is 19.3. The zero-order valence-corrected chi connectivity index (χ0v) is 15.9. The van der Waals surface area contributed by atoms with E-state index in [2.05, 4.69) is 10.4 Å². The fraction of sp³-hybridized carbons (Fsp3) is 0.238. The van der Waals surface area contributed by atoms with Crippen molar-refractivity contribution in [3.63, 3.8) is 0 Å². The van der Waals surface area contributed by atoms with Gasteiger partial charge in [-0.3, -0.25) is 9.59 Å². The molecule has 0 atom stereocenters. The van der Waals surface area contributed by atoms with Gasteiger partial charge < -0.3 is 10.1 Å². The Labute approximate surface area is 161 Å². The van der Waals surface area contributed by atoms with E-state index in [1.165, 1.54) is 4.68 Å². The summed E-state index contributed by atoms with van der Waals surface area (Å²) in [4.78, 5) is 36.5. The van der Waals surface area contributed by atoms with E-state index in [4.69, 9.17) is 4.74 Å². The van der Waals surface area contributed by atoms with Gasteiger partial charge in [0, 0.05) is 18.1 Å². The van der Waals surface area contributed by atoms with Crippen LogP contribution in [0.2, 0.25) is 0 Å². The van der Waals surface area contributed by atoms with E-state index >= 15 is 0 Å². The van der Waals surface area contributed by atoms with E-state index in [0.29, 0.717) is 27.7 Å². The van der Waals surface area contributed by atoms with Gasteiger partial charge in [-0.25, -0.2) is 9.48 Å². The summed E-state index contributed by atoms with van der Waals surface area (Å²) in [5, 5.41) is 8.19. The molecule has 0 aliphatic heterocycles. The maximum Gasteiger partial charge on any atom is 0.338 e. The molecule has 0 radical (unpaired) electrons. The summed E-state index contributed by atoms with van der Waals surface area (Å²) >= 11 is 0. The summed E-state index contributed by atoms with van der Waals surface area (Å²) in [6.45, 7) is 3.56. The van der Waals surface area contributed by atoms with Gasteiger partial charge in [-0.2, -0.15) is 5.10 Å². The van der Waals surface area contributed by atoms with Crippen LogP contribution in [-0.2, 0) is 23.0 Å². The molecule has 3 rings (SSSR count). The molecule has 2 aromatic carbocycles. The number of hydrogen-bond acceptors (Lipinski definition) is 5. The smallest absolute Gasteiger partial charge is 0.338 e. The summed E-state index contributed by atoms with van der Waals surface area (Å²) in [5.41, 5.74) is 1.29. The monoisotopic (exact) mass is 379 g/mol. The maximum absolute atomic E-state index is 12.5. The van der Waals surface area contributed by atoms with E-state index in [9.17, 15) is 14.4 Å². The van der Waals surface area contributed by atoms with Crippen molar-refractivity contribution in [2.45, 2.75) is 26.4 Å². The predicted octanol–water partition coefficient (Wildman–Crippen LogP) is 2.68. The average molecular weight is 379 g/mol. The van der Waals surface area contributed by atoms with E-state index < -0.39 is 5.97 Å². The number of amides is 1. The van der Waals surface area contributed by atoms with Gasteiger partial charge in [-0.15, -0.1) is 0 Å². The Morgan fingerprint density at radius 2 is 1.71 bits per heavy atom. The van der Waals surface area contributed by atoms with Crippen LogP contribution in [0.15, 0.2) is 53.3 Å². The number of aryl methyl sites for hydroxylation is 1. The number of fused-ring (bicyclic) bond motifs is 1. The van der Waals surface area contributed by atoms with Crippen LogP contribution >= 0.6 is 0 Å². The summed E-state index contributed by atoms with van der Waals surface area (Å²) < 4.78 is 6.37. The normalized spacial score (nSPS) is 10.9. The topological polar surface area (TPSA) is 90.3 Å². The molecule has 0 aliphatic carbocycles. The van der Waals surface area contributed by atoms with Gasteiger partial charge in [0.1, 0.15) is 0 Å². The first-order valence-electron chi connectivity index (χ1n) is 8.91. The third-order valence-corrected chi connectivity index (χ3v) is 4.11. The highest BCUT2D eigenvalue weighted by atomic mass is 16.5. The van der Waals surface area contributed by atoms with E-state index in [1.807, 2.05) is 0 Å². The van der Waals surface area contributed by atoms with Gasteiger partial charge >= 0.3 is 5.97 Å². The van der Waals surface area contributed by atoms with Gasteiger partial charge in [-0.05, 0) is 44.2 Å². The van der Waals surface area contributed by atoms with Crippen LogP contribution < -0.4 is 10.9 Å². The molecule has 3 aromatic rings. The van der Waals surface area contributed by atoms with Gasteiger partial charge in [-0.1, -0.05) is 18.2 Å². The summed E-state index contributed by atoms with van der Waals surface area (Å²) in [7, 11) is 1.56. The first-order chi connectivity index (χ1) is 13.3. The summed E-state index contributed by atoms with van der Waals surface area (Å²) in [6, 6.07) is 13.6. The number of rotatable bonds is 5. The minimum atomic E-state index is -0.409. The number of carbonyl (C=O) groups is 2. The quantitative estimate of drug-likeness (QED) is 0.689. The Balaban J connectivity index is 1.75. The lowest BCUT2D eigenvalue weighted by atomic mass is 10.1. The van der Waals surface area contributed by atoms with E-state index in [0.717, 1.165) is 0 Å². The van der Waals surface area contributed by atoms with Gasteiger partial charge in [0.2, 0.25) is 5.91 Å². The zero-order chi connectivity index (χ0) is 20.3. The highest BCUT2D eigenvalue weighted by Crippen LogP contribution is 2.15. The average Bonchev–Trinajstić information content (AvgIpc) is 2.66. The van der Waals surface area contributed by atoms with Crippen LogP contribution in [0, 0.1) is 0 Å².